The van der Waals surface area contributed by atoms with Gasteiger partial charge in [-0.05, 0) is 43.7 Å². The molecule has 0 unspecified atom stereocenters. The van der Waals surface area contributed by atoms with Crippen molar-refractivity contribution in [3.05, 3.63) is 40.6 Å². The number of nitrogens with one attached hydrogen (secondary N) is 1. The minimum Gasteiger partial charge on any atom is -0.385 e. The van der Waals surface area contributed by atoms with Crippen molar-refractivity contribution in [3.63, 3.8) is 0 Å². The van der Waals surface area contributed by atoms with E-state index in [2.05, 4.69) is 10.4 Å². The molecule has 1 aliphatic carbocycles. The standard InChI is InChI=1S/C21H27N5O3S/c1-13-4-2-7-15-16(8-10-23-19(13)15)21(27)26-20(22)17-9-11-25(12-18(17)24-26)30(28,29)14-5-3-6-14/h2,4,7,14,16,23H,3,5-6,8-12,22H2,1H3/t16-/m1/s1. The van der Waals surface area contributed by atoms with Crippen molar-refractivity contribution in [2.75, 3.05) is 24.1 Å². The number of hydrogen-bond acceptors (Lipinski definition) is 6. The molecule has 5 rings (SSSR count). The lowest BCUT2D eigenvalue weighted by atomic mass is 9.88. The van der Waals surface area contributed by atoms with Crippen LogP contribution in [-0.2, 0) is 23.0 Å². The lowest BCUT2D eigenvalue weighted by molar-refractivity contribution is 0.0859. The number of fused-ring (bicyclic) bond motifs is 2. The maximum atomic E-state index is 13.4. The largest absolute Gasteiger partial charge is 0.385 e. The number of hydrogen-bond donors (Lipinski definition) is 2. The second-order valence-electron chi connectivity index (χ2n) is 8.55. The first-order chi connectivity index (χ1) is 14.4. The normalized spacial score (nSPS) is 22.0. The monoisotopic (exact) mass is 429 g/mol. The van der Waals surface area contributed by atoms with Gasteiger partial charge < -0.3 is 11.1 Å². The van der Waals surface area contributed by atoms with Crippen LogP contribution >= 0.6 is 0 Å². The predicted molar refractivity (Wildman–Crippen MR) is 115 cm³/mol. The highest BCUT2D eigenvalue weighted by Crippen LogP contribution is 2.37. The van der Waals surface area contributed by atoms with E-state index in [1.165, 1.54) is 8.99 Å². The molecule has 0 bridgehead atoms. The molecule has 2 aliphatic heterocycles. The van der Waals surface area contributed by atoms with Gasteiger partial charge in [-0.2, -0.15) is 14.1 Å². The smallest absolute Gasteiger partial charge is 0.256 e. The summed E-state index contributed by atoms with van der Waals surface area (Å²) in [5.41, 5.74) is 10.8. The van der Waals surface area contributed by atoms with Gasteiger partial charge in [-0.3, -0.25) is 4.79 Å². The number of para-hydroxylation sites is 1. The zero-order chi connectivity index (χ0) is 21.0. The van der Waals surface area contributed by atoms with E-state index in [1.54, 1.807) is 0 Å². The molecule has 1 aromatic carbocycles. The molecule has 1 saturated carbocycles. The lowest BCUT2D eigenvalue weighted by Gasteiger charge is -2.33. The molecule has 0 saturated heterocycles. The SMILES string of the molecule is Cc1cccc2c1NCC[C@H]2C(=O)n1nc2c(c1N)CCN(S(=O)(=O)C1CCC1)C2. The zero-order valence-corrected chi connectivity index (χ0v) is 17.9. The molecule has 1 atom stereocenters. The Kier molecular flexibility index (Phi) is 4.62. The molecule has 30 heavy (non-hydrogen) atoms. The van der Waals surface area contributed by atoms with Crippen molar-refractivity contribution in [1.82, 2.24) is 14.1 Å². The minimum atomic E-state index is -3.31. The second kappa shape index (κ2) is 7.09. The highest BCUT2D eigenvalue weighted by atomic mass is 32.2. The summed E-state index contributed by atoms with van der Waals surface area (Å²) in [6, 6.07) is 5.96. The number of nitrogen functional groups attached to an aromatic ring is 1. The number of nitrogens with zero attached hydrogens (tertiary/aromatic N) is 3. The molecule has 0 amide bonds. The highest BCUT2D eigenvalue weighted by Gasteiger charge is 2.39. The molecule has 0 spiro atoms. The van der Waals surface area contributed by atoms with Crippen LogP contribution < -0.4 is 11.1 Å². The van der Waals surface area contributed by atoms with Crippen LogP contribution in [0.2, 0.25) is 0 Å². The van der Waals surface area contributed by atoms with Crippen molar-refractivity contribution in [3.8, 4) is 0 Å². The number of anilines is 2. The number of carbonyl (C=O) groups excluding carboxylic acids is 1. The zero-order valence-electron chi connectivity index (χ0n) is 17.1. The van der Waals surface area contributed by atoms with Crippen molar-refractivity contribution in [1.29, 1.82) is 0 Å². The molecule has 0 radical (unpaired) electrons. The minimum absolute atomic E-state index is 0.149. The number of aromatic nitrogens is 2. The van der Waals surface area contributed by atoms with Gasteiger partial charge in [-0.25, -0.2) is 8.42 Å². The van der Waals surface area contributed by atoms with Gasteiger partial charge in [-0.15, -0.1) is 0 Å². The lowest BCUT2D eigenvalue weighted by Crippen LogP contribution is -2.44. The summed E-state index contributed by atoms with van der Waals surface area (Å²) < 4.78 is 28.4. The van der Waals surface area contributed by atoms with Crippen LogP contribution in [0, 0.1) is 6.92 Å². The Morgan fingerprint density at radius 3 is 2.80 bits per heavy atom. The molecule has 3 N–H and O–H groups in total. The highest BCUT2D eigenvalue weighted by molar-refractivity contribution is 7.89. The van der Waals surface area contributed by atoms with E-state index in [0.717, 1.165) is 41.6 Å². The van der Waals surface area contributed by atoms with E-state index in [1.807, 2.05) is 25.1 Å². The average molecular weight is 430 g/mol. The van der Waals surface area contributed by atoms with E-state index in [4.69, 9.17) is 5.73 Å². The van der Waals surface area contributed by atoms with Crippen LogP contribution in [0.4, 0.5) is 11.5 Å². The third kappa shape index (κ3) is 2.94. The van der Waals surface area contributed by atoms with E-state index in [9.17, 15) is 13.2 Å². The summed E-state index contributed by atoms with van der Waals surface area (Å²) in [6.07, 6.45) is 3.59. The maximum Gasteiger partial charge on any atom is 0.256 e. The molecule has 160 valence electrons. The van der Waals surface area contributed by atoms with Gasteiger partial charge in [0.05, 0.1) is 23.4 Å². The van der Waals surface area contributed by atoms with Gasteiger partial charge in [0.1, 0.15) is 5.82 Å². The van der Waals surface area contributed by atoms with Crippen LogP contribution in [0.25, 0.3) is 0 Å². The molecule has 1 fully saturated rings. The summed E-state index contributed by atoms with van der Waals surface area (Å²) in [5, 5.41) is 7.62. The summed E-state index contributed by atoms with van der Waals surface area (Å²) in [7, 11) is -3.31. The van der Waals surface area contributed by atoms with Crippen LogP contribution in [0.1, 0.15) is 58.8 Å². The first-order valence-electron chi connectivity index (χ1n) is 10.6. The van der Waals surface area contributed by atoms with Gasteiger partial charge in [0.2, 0.25) is 10.0 Å². The fraction of sp³-hybridized carbons (Fsp3) is 0.524. The molecular weight excluding hydrogens is 402 g/mol. The molecule has 2 aromatic rings. The third-order valence-corrected chi connectivity index (χ3v) is 9.14. The van der Waals surface area contributed by atoms with Crippen molar-refractivity contribution < 1.29 is 13.2 Å². The molecule has 1 aromatic heterocycles. The number of nitrogens with two attached hydrogens (primary N) is 1. The number of rotatable bonds is 3. The summed E-state index contributed by atoms with van der Waals surface area (Å²) >= 11 is 0. The Hall–Kier alpha value is -2.39. The van der Waals surface area contributed by atoms with Crippen LogP contribution in [0.5, 0.6) is 0 Å². The fourth-order valence-electron chi connectivity index (χ4n) is 4.78. The summed E-state index contributed by atoms with van der Waals surface area (Å²) in [4.78, 5) is 13.4. The van der Waals surface area contributed by atoms with E-state index >= 15 is 0 Å². The van der Waals surface area contributed by atoms with Crippen LogP contribution in [0.3, 0.4) is 0 Å². The third-order valence-electron chi connectivity index (χ3n) is 6.80. The van der Waals surface area contributed by atoms with E-state index < -0.39 is 10.0 Å². The van der Waals surface area contributed by atoms with Crippen molar-refractivity contribution in [2.24, 2.45) is 0 Å². The van der Waals surface area contributed by atoms with Gasteiger partial charge in [-0.1, -0.05) is 24.6 Å². The van der Waals surface area contributed by atoms with Crippen molar-refractivity contribution >= 4 is 27.4 Å². The van der Waals surface area contributed by atoms with Gasteiger partial charge in [0.15, 0.2) is 0 Å². The Morgan fingerprint density at radius 1 is 1.27 bits per heavy atom. The maximum absolute atomic E-state index is 13.4. The Bertz CT molecular complexity index is 1120. The molecule has 8 nitrogen and oxygen atoms in total. The first kappa shape index (κ1) is 19.6. The fourth-order valence-corrected chi connectivity index (χ4v) is 6.78. The topological polar surface area (TPSA) is 110 Å². The molecular formula is C21H27N5O3S. The Labute approximate surface area is 176 Å². The van der Waals surface area contributed by atoms with Gasteiger partial charge in [0, 0.05) is 24.3 Å². The number of sulfonamides is 1. The number of aryl methyl sites for hydroxylation is 1. The number of carbonyl (C=O) groups is 1. The van der Waals surface area contributed by atoms with Crippen molar-refractivity contribution in [2.45, 2.75) is 56.7 Å². The molecule has 3 aliphatic rings. The first-order valence-corrected chi connectivity index (χ1v) is 12.1. The van der Waals surface area contributed by atoms with Gasteiger partial charge in [0.25, 0.3) is 5.91 Å². The Morgan fingerprint density at radius 2 is 2.07 bits per heavy atom. The van der Waals surface area contributed by atoms with E-state index in [-0.39, 0.29) is 23.6 Å². The summed E-state index contributed by atoms with van der Waals surface area (Å²) in [6.45, 7) is 3.32. The molecule has 3 heterocycles. The second-order valence-corrected chi connectivity index (χ2v) is 10.8. The van der Waals surface area contributed by atoms with Gasteiger partial charge >= 0.3 is 0 Å². The quantitative estimate of drug-likeness (QED) is 0.774. The Balaban J connectivity index is 1.44. The summed E-state index contributed by atoms with van der Waals surface area (Å²) in [5.74, 6) is -0.119. The average Bonchev–Trinajstić information content (AvgIpc) is 3.02. The number of benzene rings is 1. The van der Waals surface area contributed by atoms with E-state index in [0.29, 0.717) is 37.4 Å². The van der Waals surface area contributed by atoms with Crippen LogP contribution in [0.15, 0.2) is 18.2 Å². The predicted octanol–water partition coefficient (Wildman–Crippen LogP) is 2.25. The van der Waals surface area contributed by atoms with Crippen LogP contribution in [-0.4, -0.2) is 46.8 Å². The molecule has 9 heteroatoms.